The molecular weight excluding hydrogens is 294 g/mol. The van der Waals surface area contributed by atoms with Crippen LogP contribution in [0, 0.1) is 12.3 Å². The highest BCUT2D eigenvalue weighted by atomic mass is 32.2. The molecule has 1 rings (SSSR count). The van der Waals surface area contributed by atoms with Gasteiger partial charge in [-0.2, -0.15) is 0 Å². The summed E-state index contributed by atoms with van der Waals surface area (Å²) in [7, 11) is -3.54. The fourth-order valence-corrected chi connectivity index (χ4v) is 5.41. The van der Waals surface area contributed by atoms with Gasteiger partial charge < -0.3 is 5.11 Å². The number of thiophene rings is 1. The minimum atomic E-state index is -3.54. The highest BCUT2D eigenvalue weighted by molar-refractivity contribution is 7.91. The summed E-state index contributed by atoms with van der Waals surface area (Å²) in [5, 5.41) is 9.18. The van der Waals surface area contributed by atoms with Gasteiger partial charge in [-0.05, 0) is 44.2 Å². The van der Waals surface area contributed by atoms with Crippen LogP contribution in [-0.2, 0) is 16.6 Å². The Morgan fingerprint density at radius 3 is 2.20 bits per heavy atom. The first-order chi connectivity index (χ1) is 8.86. The number of aryl methyl sites for hydroxylation is 1. The molecule has 1 heterocycles. The van der Waals surface area contributed by atoms with Crippen LogP contribution < -0.4 is 4.72 Å². The first-order valence-corrected chi connectivity index (χ1v) is 8.90. The number of hydrogen-bond acceptors (Lipinski definition) is 4. The van der Waals surface area contributed by atoms with Crippen LogP contribution >= 0.6 is 11.3 Å². The molecule has 0 aliphatic carbocycles. The molecule has 6 heteroatoms. The number of nitrogens with one attached hydrogen (secondary N) is 1. The average Bonchev–Trinajstić information content (AvgIpc) is 2.54. The zero-order chi connectivity index (χ0) is 15.8. The van der Waals surface area contributed by atoms with Gasteiger partial charge in [0.15, 0.2) is 0 Å². The van der Waals surface area contributed by atoms with Crippen LogP contribution in [0.25, 0.3) is 0 Å². The molecule has 116 valence electrons. The van der Waals surface area contributed by atoms with Crippen molar-refractivity contribution in [2.24, 2.45) is 5.41 Å². The topological polar surface area (TPSA) is 66.4 Å². The summed E-state index contributed by atoms with van der Waals surface area (Å²) >= 11 is 1.12. The largest absolute Gasteiger partial charge is 0.391 e. The van der Waals surface area contributed by atoms with E-state index in [1.807, 2.05) is 13.8 Å². The molecule has 1 aromatic rings. The third kappa shape index (κ3) is 4.84. The maximum atomic E-state index is 12.4. The lowest BCUT2D eigenvalue weighted by Crippen LogP contribution is -2.45. The van der Waals surface area contributed by atoms with E-state index in [0.717, 1.165) is 23.3 Å². The van der Waals surface area contributed by atoms with Gasteiger partial charge in [-0.15, -0.1) is 11.3 Å². The first-order valence-electron chi connectivity index (χ1n) is 6.60. The lowest BCUT2D eigenvalue weighted by atomic mass is 9.82. The monoisotopic (exact) mass is 319 g/mol. The summed E-state index contributed by atoms with van der Waals surface area (Å²) in [4.78, 5) is 0.694. The van der Waals surface area contributed by atoms with E-state index < -0.39 is 15.6 Å². The maximum absolute atomic E-state index is 12.4. The highest BCUT2D eigenvalue weighted by Gasteiger charge is 2.31. The van der Waals surface area contributed by atoms with E-state index in [4.69, 9.17) is 0 Å². The van der Waals surface area contributed by atoms with Crippen molar-refractivity contribution in [3.05, 3.63) is 16.5 Å². The molecule has 0 aliphatic rings. The second-order valence-electron chi connectivity index (χ2n) is 7.06. The lowest BCUT2D eigenvalue weighted by molar-refractivity contribution is 0.269. The normalized spacial score (nSPS) is 13.8. The van der Waals surface area contributed by atoms with Gasteiger partial charge >= 0.3 is 0 Å². The zero-order valence-electron chi connectivity index (χ0n) is 13.1. The average molecular weight is 319 g/mol. The van der Waals surface area contributed by atoms with Crippen LogP contribution in [0.2, 0.25) is 0 Å². The van der Waals surface area contributed by atoms with Crippen molar-refractivity contribution in [1.82, 2.24) is 4.72 Å². The Morgan fingerprint density at radius 2 is 1.80 bits per heavy atom. The van der Waals surface area contributed by atoms with E-state index in [-0.39, 0.29) is 16.2 Å². The van der Waals surface area contributed by atoms with Crippen LogP contribution in [0.15, 0.2) is 10.3 Å². The number of sulfonamides is 1. The first kappa shape index (κ1) is 17.6. The van der Waals surface area contributed by atoms with Gasteiger partial charge in [0, 0.05) is 10.4 Å². The predicted octanol–water partition coefficient (Wildman–Crippen LogP) is 3.04. The minimum Gasteiger partial charge on any atom is -0.391 e. The molecule has 0 atom stereocenters. The summed E-state index contributed by atoms with van der Waals surface area (Å²) in [5.41, 5.74) is 0.327. The van der Waals surface area contributed by atoms with Crippen molar-refractivity contribution in [2.75, 3.05) is 0 Å². The Labute approximate surface area is 126 Å². The smallest absolute Gasteiger partial charge is 0.250 e. The molecule has 2 N–H and O–H groups in total. The molecule has 0 spiro atoms. The van der Waals surface area contributed by atoms with Crippen molar-refractivity contribution in [1.29, 1.82) is 0 Å². The molecule has 0 unspecified atom stereocenters. The summed E-state index contributed by atoms with van der Waals surface area (Å²) in [5.74, 6) is 0. The van der Waals surface area contributed by atoms with Gasteiger partial charge in [0.1, 0.15) is 4.21 Å². The number of rotatable bonds is 5. The molecule has 0 bridgehead atoms. The third-order valence-corrected chi connectivity index (χ3v) is 6.18. The second-order valence-corrected chi connectivity index (χ2v) is 10.1. The zero-order valence-corrected chi connectivity index (χ0v) is 14.7. The van der Waals surface area contributed by atoms with E-state index >= 15 is 0 Å². The summed E-state index contributed by atoms with van der Waals surface area (Å²) in [6.07, 6.45) is 0.733. The number of aliphatic hydroxyl groups excluding tert-OH is 1. The molecular formula is C14H25NO3S2. The van der Waals surface area contributed by atoms with Gasteiger partial charge in [-0.3, -0.25) is 0 Å². The Morgan fingerprint density at radius 1 is 1.25 bits per heavy atom. The van der Waals surface area contributed by atoms with Crippen LogP contribution in [0.5, 0.6) is 0 Å². The molecule has 0 saturated heterocycles. The van der Waals surface area contributed by atoms with Gasteiger partial charge in [0.2, 0.25) is 0 Å². The number of hydrogen-bond donors (Lipinski definition) is 2. The second kappa shape index (κ2) is 5.75. The molecule has 0 aliphatic heterocycles. The number of aliphatic hydroxyl groups is 1. The third-order valence-electron chi connectivity index (χ3n) is 2.79. The highest BCUT2D eigenvalue weighted by Crippen LogP contribution is 2.30. The van der Waals surface area contributed by atoms with E-state index in [0.29, 0.717) is 4.88 Å². The van der Waals surface area contributed by atoms with Crippen LogP contribution in [0.1, 0.15) is 51.5 Å². The summed E-state index contributed by atoms with van der Waals surface area (Å²) in [6, 6.07) is 1.62. The molecule has 0 aromatic carbocycles. The van der Waals surface area contributed by atoms with E-state index in [1.165, 1.54) is 0 Å². The Balaban J connectivity index is 2.99. The van der Waals surface area contributed by atoms with Crippen LogP contribution in [-0.4, -0.2) is 19.1 Å². The Kier molecular flexibility index (Phi) is 5.07. The molecule has 20 heavy (non-hydrogen) atoms. The molecule has 4 nitrogen and oxygen atoms in total. The quantitative estimate of drug-likeness (QED) is 0.876. The van der Waals surface area contributed by atoms with Crippen LogP contribution in [0.4, 0.5) is 0 Å². The van der Waals surface area contributed by atoms with E-state index in [9.17, 15) is 13.5 Å². The predicted molar refractivity (Wildman–Crippen MR) is 83.5 cm³/mol. The van der Waals surface area contributed by atoms with Crippen molar-refractivity contribution < 1.29 is 13.5 Å². The molecule has 0 amide bonds. The van der Waals surface area contributed by atoms with E-state index in [1.54, 1.807) is 13.0 Å². The fourth-order valence-electron chi connectivity index (χ4n) is 2.55. The van der Waals surface area contributed by atoms with Gasteiger partial charge in [0.25, 0.3) is 10.0 Å². The van der Waals surface area contributed by atoms with E-state index in [2.05, 4.69) is 25.5 Å². The standard InChI is InChI=1S/C14H25NO3S2/c1-10-7-12(19-11(10)8-16)20(17,18)15-14(5,6)9-13(2,3)4/h7,15-16H,8-9H2,1-6H3. The Bertz CT molecular complexity index is 566. The van der Waals surface area contributed by atoms with Gasteiger partial charge in [-0.25, -0.2) is 13.1 Å². The van der Waals surface area contributed by atoms with Gasteiger partial charge in [-0.1, -0.05) is 20.8 Å². The van der Waals surface area contributed by atoms with Crippen molar-refractivity contribution in [2.45, 2.75) is 64.3 Å². The summed E-state index contributed by atoms with van der Waals surface area (Å²) in [6.45, 7) is 11.7. The van der Waals surface area contributed by atoms with Crippen LogP contribution in [0.3, 0.4) is 0 Å². The Hall–Kier alpha value is -0.430. The fraction of sp³-hybridized carbons (Fsp3) is 0.714. The molecule has 1 aromatic heterocycles. The minimum absolute atomic E-state index is 0.0354. The molecule has 0 fully saturated rings. The molecule has 0 saturated carbocycles. The van der Waals surface area contributed by atoms with Crippen molar-refractivity contribution >= 4 is 21.4 Å². The SMILES string of the molecule is Cc1cc(S(=O)(=O)NC(C)(C)CC(C)(C)C)sc1CO. The lowest BCUT2D eigenvalue weighted by Gasteiger charge is -2.32. The maximum Gasteiger partial charge on any atom is 0.250 e. The van der Waals surface area contributed by atoms with Crippen molar-refractivity contribution in [3.8, 4) is 0 Å². The summed E-state index contributed by atoms with van der Waals surface area (Å²) < 4.78 is 27.9. The van der Waals surface area contributed by atoms with Crippen molar-refractivity contribution in [3.63, 3.8) is 0 Å². The molecule has 0 radical (unpaired) electrons. The van der Waals surface area contributed by atoms with Gasteiger partial charge in [0.05, 0.1) is 6.61 Å².